The maximum absolute atomic E-state index is 13.6. The van der Waals surface area contributed by atoms with E-state index in [9.17, 15) is 14.4 Å². The normalized spacial score (nSPS) is 20.6. The molecule has 3 amide bonds. The fourth-order valence-electron chi connectivity index (χ4n) is 3.62. The van der Waals surface area contributed by atoms with E-state index in [-0.39, 0.29) is 12.2 Å². The van der Waals surface area contributed by atoms with E-state index < -0.39 is 30.1 Å². The van der Waals surface area contributed by atoms with E-state index >= 15 is 0 Å². The van der Waals surface area contributed by atoms with Crippen molar-refractivity contribution in [1.82, 2.24) is 9.80 Å². The molecule has 0 radical (unpaired) electrons. The predicted octanol–water partition coefficient (Wildman–Crippen LogP) is 3.97. The standard InChI is InChI=1S/C23H20N2O5/c1-29-22(27)24-13-12-18(16-8-4-2-5-9-16)19(14-24)21(26)25-20(15-30-23(25)28)17-10-6-3-7-11-17/h2-14,18,20H,15H2,1H3/t18-,20+/m0/s1. The molecule has 7 nitrogen and oxygen atoms in total. The Bertz CT molecular complexity index is 1020. The molecule has 1 fully saturated rings. The first-order valence-electron chi connectivity index (χ1n) is 9.46. The van der Waals surface area contributed by atoms with Crippen molar-refractivity contribution < 1.29 is 23.9 Å². The summed E-state index contributed by atoms with van der Waals surface area (Å²) in [4.78, 5) is 40.4. The highest BCUT2D eigenvalue weighted by Gasteiger charge is 2.42. The number of benzene rings is 2. The summed E-state index contributed by atoms with van der Waals surface area (Å²) in [7, 11) is 1.26. The molecule has 0 aromatic heterocycles. The second-order valence-corrected chi connectivity index (χ2v) is 6.87. The zero-order chi connectivity index (χ0) is 21.1. The first kappa shape index (κ1) is 19.4. The molecule has 2 aromatic rings. The first-order valence-corrected chi connectivity index (χ1v) is 9.46. The van der Waals surface area contributed by atoms with Gasteiger partial charge in [0.2, 0.25) is 0 Å². The lowest BCUT2D eigenvalue weighted by atomic mass is 9.88. The summed E-state index contributed by atoms with van der Waals surface area (Å²) in [6, 6.07) is 18.1. The van der Waals surface area contributed by atoms with Gasteiger partial charge in [-0.1, -0.05) is 66.7 Å². The van der Waals surface area contributed by atoms with Crippen LogP contribution in [-0.2, 0) is 14.3 Å². The number of methoxy groups -OCH3 is 1. The van der Waals surface area contributed by atoms with Crippen molar-refractivity contribution in [3.05, 3.63) is 95.8 Å². The average Bonchev–Trinajstić information content (AvgIpc) is 3.20. The van der Waals surface area contributed by atoms with E-state index in [2.05, 4.69) is 0 Å². The number of carbonyl (C=O) groups is 3. The van der Waals surface area contributed by atoms with Gasteiger partial charge in [0.05, 0.1) is 7.11 Å². The molecule has 2 aliphatic heterocycles. The molecule has 0 N–H and O–H groups in total. The van der Waals surface area contributed by atoms with Gasteiger partial charge in [0.1, 0.15) is 12.6 Å². The van der Waals surface area contributed by atoms with Crippen molar-refractivity contribution in [2.75, 3.05) is 13.7 Å². The number of cyclic esters (lactones) is 1. The van der Waals surface area contributed by atoms with Crippen molar-refractivity contribution >= 4 is 18.1 Å². The number of hydrogen-bond acceptors (Lipinski definition) is 5. The third-order valence-electron chi connectivity index (χ3n) is 5.12. The van der Waals surface area contributed by atoms with Gasteiger partial charge in [-0.3, -0.25) is 9.69 Å². The maximum Gasteiger partial charge on any atom is 0.417 e. The summed E-state index contributed by atoms with van der Waals surface area (Å²) in [5.74, 6) is -0.942. The summed E-state index contributed by atoms with van der Waals surface area (Å²) in [5, 5.41) is 0. The highest BCUT2D eigenvalue weighted by Crippen LogP contribution is 2.35. The van der Waals surface area contributed by atoms with E-state index in [1.54, 1.807) is 12.3 Å². The number of amides is 3. The molecule has 2 aliphatic rings. The molecule has 2 heterocycles. The number of carbonyl (C=O) groups excluding carboxylic acids is 3. The highest BCUT2D eigenvalue weighted by molar-refractivity contribution is 6.05. The van der Waals surface area contributed by atoms with Gasteiger partial charge >= 0.3 is 12.2 Å². The molecule has 2 atom stereocenters. The minimum absolute atomic E-state index is 0.0778. The molecule has 0 bridgehead atoms. The van der Waals surface area contributed by atoms with Gasteiger partial charge in [-0.05, 0) is 11.1 Å². The Morgan fingerprint density at radius 3 is 2.27 bits per heavy atom. The molecule has 152 valence electrons. The van der Waals surface area contributed by atoms with Crippen molar-refractivity contribution in [3.8, 4) is 0 Å². The zero-order valence-corrected chi connectivity index (χ0v) is 16.3. The Labute approximate surface area is 173 Å². The molecular weight excluding hydrogens is 384 g/mol. The Morgan fingerprint density at radius 2 is 1.63 bits per heavy atom. The van der Waals surface area contributed by atoms with Crippen molar-refractivity contribution in [2.45, 2.75) is 12.0 Å². The number of rotatable bonds is 3. The van der Waals surface area contributed by atoms with Crippen LogP contribution in [0.2, 0.25) is 0 Å². The number of imide groups is 1. The van der Waals surface area contributed by atoms with Gasteiger partial charge in [-0.25, -0.2) is 14.5 Å². The summed E-state index contributed by atoms with van der Waals surface area (Å²) < 4.78 is 9.97. The molecule has 7 heteroatoms. The minimum atomic E-state index is -0.708. The van der Waals surface area contributed by atoms with Crippen LogP contribution in [0.15, 0.2) is 84.7 Å². The van der Waals surface area contributed by atoms with Gasteiger partial charge < -0.3 is 9.47 Å². The van der Waals surface area contributed by atoms with E-state index in [0.29, 0.717) is 0 Å². The molecule has 1 saturated heterocycles. The third-order valence-corrected chi connectivity index (χ3v) is 5.12. The van der Waals surface area contributed by atoms with E-state index in [1.165, 1.54) is 18.2 Å². The van der Waals surface area contributed by atoms with Crippen LogP contribution in [0.4, 0.5) is 9.59 Å². The molecule has 0 spiro atoms. The van der Waals surface area contributed by atoms with Crippen LogP contribution >= 0.6 is 0 Å². The van der Waals surface area contributed by atoms with Gasteiger partial charge in [0.25, 0.3) is 5.91 Å². The van der Waals surface area contributed by atoms with Crippen LogP contribution in [-0.4, -0.2) is 41.6 Å². The van der Waals surface area contributed by atoms with Crippen LogP contribution in [0.1, 0.15) is 23.1 Å². The average molecular weight is 404 g/mol. The fourth-order valence-corrected chi connectivity index (χ4v) is 3.62. The lowest BCUT2D eigenvalue weighted by Crippen LogP contribution is -2.38. The van der Waals surface area contributed by atoms with Crippen LogP contribution in [0.5, 0.6) is 0 Å². The second kappa shape index (κ2) is 8.24. The maximum atomic E-state index is 13.6. The highest BCUT2D eigenvalue weighted by atomic mass is 16.6. The smallest absolute Gasteiger partial charge is 0.417 e. The number of nitrogens with zero attached hydrogens (tertiary/aromatic N) is 2. The second-order valence-electron chi connectivity index (χ2n) is 6.87. The van der Waals surface area contributed by atoms with Gasteiger partial charge in [0.15, 0.2) is 0 Å². The number of ether oxygens (including phenoxy) is 2. The van der Waals surface area contributed by atoms with Crippen molar-refractivity contribution in [2.24, 2.45) is 0 Å². The Kier molecular flexibility index (Phi) is 5.34. The third kappa shape index (κ3) is 3.57. The van der Waals surface area contributed by atoms with Crippen LogP contribution in [0.3, 0.4) is 0 Å². The molecular formula is C23H20N2O5. The largest absolute Gasteiger partial charge is 0.452 e. The van der Waals surface area contributed by atoms with E-state index in [4.69, 9.17) is 9.47 Å². The Hall–Kier alpha value is -3.87. The number of hydrogen-bond donors (Lipinski definition) is 0. The van der Waals surface area contributed by atoms with Crippen molar-refractivity contribution in [1.29, 1.82) is 0 Å². The minimum Gasteiger partial charge on any atom is -0.452 e. The van der Waals surface area contributed by atoms with Gasteiger partial charge in [-0.2, -0.15) is 0 Å². The summed E-state index contributed by atoms with van der Waals surface area (Å²) in [6.45, 7) is 0.0778. The Balaban J connectivity index is 1.73. The van der Waals surface area contributed by atoms with Gasteiger partial charge in [0, 0.05) is 23.9 Å². The van der Waals surface area contributed by atoms with Crippen LogP contribution < -0.4 is 0 Å². The van der Waals surface area contributed by atoms with Gasteiger partial charge in [-0.15, -0.1) is 0 Å². The fraction of sp³-hybridized carbons (Fsp3) is 0.174. The lowest BCUT2D eigenvalue weighted by Gasteiger charge is -2.28. The quantitative estimate of drug-likeness (QED) is 0.774. The van der Waals surface area contributed by atoms with E-state index in [1.807, 2.05) is 60.7 Å². The first-order chi connectivity index (χ1) is 14.6. The topological polar surface area (TPSA) is 76.2 Å². The summed E-state index contributed by atoms with van der Waals surface area (Å²) in [5.41, 5.74) is 1.93. The molecule has 0 aliphatic carbocycles. The molecule has 0 unspecified atom stereocenters. The SMILES string of the molecule is COC(=O)N1C=C[C@@H](c2ccccc2)C(C(=O)N2C(=O)OC[C@@H]2c2ccccc2)=C1. The summed E-state index contributed by atoms with van der Waals surface area (Å²) >= 11 is 0. The molecule has 0 saturated carbocycles. The van der Waals surface area contributed by atoms with Crippen LogP contribution in [0.25, 0.3) is 0 Å². The lowest BCUT2D eigenvalue weighted by molar-refractivity contribution is -0.125. The van der Waals surface area contributed by atoms with Crippen molar-refractivity contribution in [3.63, 3.8) is 0 Å². The predicted molar refractivity (Wildman–Crippen MR) is 108 cm³/mol. The monoisotopic (exact) mass is 404 g/mol. The molecule has 2 aromatic carbocycles. The molecule has 4 rings (SSSR count). The number of allylic oxidation sites excluding steroid dienone is 1. The van der Waals surface area contributed by atoms with E-state index in [0.717, 1.165) is 16.0 Å². The van der Waals surface area contributed by atoms with Crippen LogP contribution in [0, 0.1) is 0 Å². The zero-order valence-electron chi connectivity index (χ0n) is 16.3. The summed E-state index contributed by atoms with van der Waals surface area (Å²) in [6.07, 6.45) is 3.36. The molecule has 30 heavy (non-hydrogen) atoms. The Morgan fingerprint density at radius 1 is 1.00 bits per heavy atom.